The van der Waals surface area contributed by atoms with Crippen molar-refractivity contribution in [3.8, 4) is 5.75 Å². The molecule has 0 radical (unpaired) electrons. The molecule has 1 heterocycles. The summed E-state index contributed by atoms with van der Waals surface area (Å²) in [6, 6.07) is 6.43. The van der Waals surface area contributed by atoms with Gasteiger partial charge in [-0.25, -0.2) is 4.98 Å². The second-order valence-corrected chi connectivity index (χ2v) is 6.04. The fraction of sp³-hybridized carbons (Fsp3) is 0.438. The summed E-state index contributed by atoms with van der Waals surface area (Å²) in [5, 5.41) is 6.28. The highest BCUT2D eigenvalue weighted by atomic mass is 32.1. The van der Waals surface area contributed by atoms with Crippen LogP contribution in [0.15, 0.2) is 29.8 Å². The molecule has 3 nitrogen and oxygen atoms in total. The number of nitrogens with zero attached hydrogens (tertiary/aromatic N) is 1. The first-order valence-electron chi connectivity index (χ1n) is 7.20. The van der Waals surface area contributed by atoms with Crippen molar-refractivity contribution in [2.24, 2.45) is 0 Å². The number of fused-ring (bicyclic) bond motifs is 1. The lowest BCUT2D eigenvalue weighted by Crippen LogP contribution is -2.16. The molecule has 3 rings (SSSR count). The minimum absolute atomic E-state index is 0.0505. The first-order valence-corrected chi connectivity index (χ1v) is 8.08. The van der Waals surface area contributed by atoms with Crippen molar-refractivity contribution in [3.05, 3.63) is 45.9 Å². The maximum absolute atomic E-state index is 6.31. The Morgan fingerprint density at radius 2 is 2.35 bits per heavy atom. The number of aromatic nitrogens is 1. The predicted octanol–water partition coefficient (Wildman–Crippen LogP) is 3.36. The summed E-state index contributed by atoms with van der Waals surface area (Å²) < 4.78 is 6.31. The van der Waals surface area contributed by atoms with Crippen LogP contribution in [-0.2, 0) is 12.8 Å². The first-order chi connectivity index (χ1) is 9.88. The lowest BCUT2D eigenvalue weighted by molar-refractivity contribution is 0.193. The fourth-order valence-electron chi connectivity index (χ4n) is 2.75. The van der Waals surface area contributed by atoms with Crippen LogP contribution in [0.2, 0.25) is 0 Å². The summed E-state index contributed by atoms with van der Waals surface area (Å²) >= 11 is 1.67. The van der Waals surface area contributed by atoms with Gasteiger partial charge >= 0.3 is 0 Å². The van der Waals surface area contributed by atoms with Crippen molar-refractivity contribution in [1.82, 2.24) is 10.3 Å². The standard InChI is InChI=1S/C16H20N2OS/c1-17-9-8-15(16-18-10-11-20-16)19-14-7-3-5-12-4-2-6-13(12)14/h3,5,7,10-11,15,17H,2,4,6,8-9H2,1H3/t15-/m0/s1. The summed E-state index contributed by atoms with van der Waals surface area (Å²) in [6.45, 7) is 0.930. The van der Waals surface area contributed by atoms with Crippen molar-refractivity contribution in [1.29, 1.82) is 0 Å². The zero-order chi connectivity index (χ0) is 13.8. The molecule has 1 atom stereocenters. The zero-order valence-corrected chi connectivity index (χ0v) is 12.6. The molecule has 0 saturated heterocycles. The Morgan fingerprint density at radius 3 is 3.15 bits per heavy atom. The van der Waals surface area contributed by atoms with Crippen LogP contribution in [0, 0.1) is 0 Å². The highest BCUT2D eigenvalue weighted by Crippen LogP contribution is 2.34. The number of benzene rings is 1. The summed E-state index contributed by atoms with van der Waals surface area (Å²) in [5.41, 5.74) is 2.85. The fourth-order valence-corrected chi connectivity index (χ4v) is 3.45. The van der Waals surface area contributed by atoms with Crippen LogP contribution in [0.1, 0.15) is 35.1 Å². The molecule has 1 N–H and O–H groups in total. The number of nitrogens with one attached hydrogen (secondary N) is 1. The third-order valence-corrected chi connectivity index (χ3v) is 4.62. The van der Waals surface area contributed by atoms with E-state index in [-0.39, 0.29) is 6.10 Å². The molecule has 106 valence electrons. The Kier molecular flexibility index (Phi) is 4.33. The molecule has 1 aliphatic rings. The van der Waals surface area contributed by atoms with Crippen molar-refractivity contribution >= 4 is 11.3 Å². The average Bonchev–Trinajstić information content (AvgIpc) is 3.14. The maximum Gasteiger partial charge on any atom is 0.151 e. The molecule has 1 aliphatic carbocycles. The topological polar surface area (TPSA) is 34.1 Å². The van der Waals surface area contributed by atoms with Gasteiger partial charge in [0.1, 0.15) is 10.8 Å². The molecule has 1 aromatic heterocycles. The van der Waals surface area contributed by atoms with E-state index < -0.39 is 0 Å². The smallest absolute Gasteiger partial charge is 0.151 e. The van der Waals surface area contributed by atoms with E-state index in [1.807, 2.05) is 18.6 Å². The molecule has 0 fully saturated rings. The highest BCUT2D eigenvalue weighted by molar-refractivity contribution is 7.09. The summed E-state index contributed by atoms with van der Waals surface area (Å²) in [5.74, 6) is 1.05. The average molecular weight is 288 g/mol. The monoisotopic (exact) mass is 288 g/mol. The molecule has 4 heteroatoms. The van der Waals surface area contributed by atoms with Crippen LogP contribution >= 0.6 is 11.3 Å². The third-order valence-electron chi connectivity index (χ3n) is 3.76. The second kappa shape index (κ2) is 6.37. The molecule has 20 heavy (non-hydrogen) atoms. The van der Waals surface area contributed by atoms with E-state index in [0.29, 0.717) is 0 Å². The number of rotatable bonds is 6. The first kappa shape index (κ1) is 13.6. The van der Waals surface area contributed by atoms with Crippen LogP contribution < -0.4 is 10.1 Å². The van der Waals surface area contributed by atoms with Crippen molar-refractivity contribution < 1.29 is 4.74 Å². The molecule has 0 amide bonds. The largest absolute Gasteiger partial charge is 0.483 e. The molecule has 2 aromatic rings. The van der Waals surface area contributed by atoms with E-state index >= 15 is 0 Å². The van der Waals surface area contributed by atoms with Crippen molar-refractivity contribution in [2.75, 3.05) is 13.6 Å². The molecular weight excluding hydrogens is 268 g/mol. The van der Waals surface area contributed by atoms with Gasteiger partial charge in [-0.05, 0) is 50.0 Å². The van der Waals surface area contributed by atoms with Gasteiger partial charge in [-0.3, -0.25) is 0 Å². The molecule has 0 spiro atoms. The van der Waals surface area contributed by atoms with E-state index in [1.54, 1.807) is 11.3 Å². The van der Waals surface area contributed by atoms with Gasteiger partial charge in [0.25, 0.3) is 0 Å². The lowest BCUT2D eigenvalue weighted by Gasteiger charge is -2.19. The van der Waals surface area contributed by atoms with Crippen LogP contribution in [-0.4, -0.2) is 18.6 Å². The Bertz CT molecular complexity index is 554. The van der Waals surface area contributed by atoms with Gasteiger partial charge in [-0.2, -0.15) is 0 Å². The molecule has 0 bridgehead atoms. The minimum atomic E-state index is 0.0505. The third kappa shape index (κ3) is 2.86. The number of thiazole rings is 1. The zero-order valence-electron chi connectivity index (χ0n) is 11.8. The molecule has 0 aliphatic heterocycles. The van der Waals surface area contributed by atoms with Crippen LogP contribution in [0.4, 0.5) is 0 Å². The molecule has 1 aromatic carbocycles. The van der Waals surface area contributed by atoms with Crippen molar-refractivity contribution in [3.63, 3.8) is 0 Å². The Hall–Kier alpha value is -1.39. The van der Waals surface area contributed by atoms with Crippen molar-refractivity contribution in [2.45, 2.75) is 31.8 Å². The van der Waals surface area contributed by atoms with Gasteiger partial charge in [0, 0.05) is 18.0 Å². The van der Waals surface area contributed by atoms with E-state index in [1.165, 1.54) is 24.0 Å². The van der Waals surface area contributed by atoms with Gasteiger partial charge in [-0.15, -0.1) is 11.3 Å². The van der Waals surface area contributed by atoms with Crippen LogP contribution in [0.25, 0.3) is 0 Å². The van der Waals surface area contributed by atoms with Gasteiger partial charge in [-0.1, -0.05) is 12.1 Å². The van der Waals surface area contributed by atoms with Gasteiger partial charge < -0.3 is 10.1 Å². The number of hydrogen-bond acceptors (Lipinski definition) is 4. The summed E-state index contributed by atoms with van der Waals surface area (Å²) in [7, 11) is 1.97. The van der Waals surface area contributed by atoms with Crippen LogP contribution in [0.5, 0.6) is 5.75 Å². The number of aryl methyl sites for hydroxylation is 1. The van der Waals surface area contributed by atoms with E-state index in [2.05, 4.69) is 28.5 Å². The maximum atomic E-state index is 6.31. The number of hydrogen-bond donors (Lipinski definition) is 1. The highest BCUT2D eigenvalue weighted by Gasteiger charge is 2.20. The Morgan fingerprint density at radius 1 is 1.40 bits per heavy atom. The quantitative estimate of drug-likeness (QED) is 0.885. The minimum Gasteiger partial charge on any atom is -0.483 e. The summed E-state index contributed by atoms with van der Waals surface area (Å²) in [4.78, 5) is 4.42. The molecule has 0 unspecified atom stereocenters. The van der Waals surface area contributed by atoms with E-state index in [0.717, 1.165) is 30.1 Å². The van der Waals surface area contributed by atoms with E-state index in [9.17, 15) is 0 Å². The van der Waals surface area contributed by atoms with Gasteiger partial charge in [0.05, 0.1) is 0 Å². The van der Waals surface area contributed by atoms with E-state index in [4.69, 9.17) is 4.74 Å². The molecular formula is C16H20N2OS. The Balaban J connectivity index is 1.81. The Labute approximate surface area is 124 Å². The van der Waals surface area contributed by atoms with Gasteiger partial charge in [0.15, 0.2) is 6.10 Å². The second-order valence-electron chi connectivity index (χ2n) is 5.12. The van der Waals surface area contributed by atoms with Gasteiger partial charge in [0.2, 0.25) is 0 Å². The summed E-state index contributed by atoms with van der Waals surface area (Å²) in [6.07, 6.45) is 6.41. The molecule has 0 saturated carbocycles. The normalized spacial score (nSPS) is 15.1. The predicted molar refractivity (Wildman–Crippen MR) is 82.5 cm³/mol. The number of ether oxygens (including phenoxy) is 1. The SMILES string of the molecule is CNCC[C@H](Oc1cccc2c1CCC2)c1nccs1. The lowest BCUT2D eigenvalue weighted by atomic mass is 10.1. The van der Waals surface area contributed by atoms with Crippen LogP contribution in [0.3, 0.4) is 0 Å².